The molecule has 13 heavy (non-hydrogen) atoms. The highest BCUT2D eigenvalue weighted by Gasteiger charge is 2.38. The van der Waals surface area contributed by atoms with Crippen LogP contribution in [-0.2, 0) is 9.53 Å². The van der Waals surface area contributed by atoms with E-state index >= 15 is 0 Å². The Hall–Kier alpha value is -0.504. The van der Waals surface area contributed by atoms with Gasteiger partial charge in [-0.15, -0.1) is 0 Å². The molecular weight excluding hydrogens is 192 g/mol. The molecule has 2 radical (unpaired) electrons. The average molecular weight is 200 g/mol. The summed E-state index contributed by atoms with van der Waals surface area (Å²) in [6.45, 7) is -0.671. The van der Waals surface area contributed by atoms with Crippen molar-refractivity contribution in [3.63, 3.8) is 0 Å². The summed E-state index contributed by atoms with van der Waals surface area (Å²) in [6, 6.07) is 0. The number of hydrogen-bond acceptors (Lipinski definition) is 6. The zero-order chi connectivity index (χ0) is 9.30. The van der Waals surface area contributed by atoms with Crippen LogP contribution in [0.4, 0.5) is 0 Å². The van der Waals surface area contributed by atoms with E-state index in [1.54, 1.807) is 0 Å². The van der Waals surface area contributed by atoms with Crippen LogP contribution in [0.1, 0.15) is 0 Å². The third-order valence-electron chi connectivity index (χ3n) is 1.48. The molecule has 1 rings (SSSR count). The molecule has 0 unspecified atom stereocenters. The van der Waals surface area contributed by atoms with Crippen LogP contribution in [0.5, 0.6) is 0 Å². The van der Waals surface area contributed by atoms with Gasteiger partial charge < -0.3 is 25.2 Å². The lowest BCUT2D eigenvalue weighted by atomic mass is 10.2. The molecule has 0 bridgehead atoms. The van der Waals surface area contributed by atoms with Gasteiger partial charge in [-0.25, -0.2) is 4.79 Å². The van der Waals surface area contributed by atoms with Gasteiger partial charge in [0.2, 0.25) is 5.76 Å². The maximum Gasteiger partial charge on any atom is 0.377 e. The minimum absolute atomic E-state index is 0. The Morgan fingerprint density at radius 2 is 2.00 bits per heavy atom. The van der Waals surface area contributed by atoms with Crippen LogP contribution < -0.4 is 0 Å². The molecule has 7 heteroatoms. The van der Waals surface area contributed by atoms with Crippen LogP contribution in [-0.4, -0.2) is 68.3 Å². The van der Waals surface area contributed by atoms with E-state index in [1.807, 2.05) is 0 Å². The summed E-state index contributed by atoms with van der Waals surface area (Å²) in [5.41, 5.74) is 0. The number of cyclic esters (lactones) is 1. The maximum absolute atomic E-state index is 10.5. The third kappa shape index (κ3) is 2.24. The number of carbonyl (C=O) groups excluding carboxylic acids is 1. The minimum atomic E-state index is -1.42. The number of rotatable bonds is 2. The Labute approximate surface area is 89.6 Å². The molecule has 0 aromatic heterocycles. The number of carbonyl (C=O) groups is 1. The molecule has 0 aliphatic carbocycles. The van der Waals surface area contributed by atoms with Crippen LogP contribution in [0.2, 0.25) is 0 Å². The molecule has 1 heterocycles. The van der Waals surface area contributed by atoms with E-state index in [0.29, 0.717) is 0 Å². The molecule has 0 aromatic rings. The number of aliphatic hydroxyl groups excluding tert-OH is 4. The molecule has 0 spiro atoms. The average Bonchev–Trinajstić information content (AvgIpc) is 2.32. The molecule has 0 saturated carbocycles. The van der Waals surface area contributed by atoms with Gasteiger partial charge in [0.1, 0.15) is 6.10 Å². The Kier molecular flexibility index (Phi) is 4.47. The van der Waals surface area contributed by atoms with Crippen LogP contribution >= 0.6 is 0 Å². The second-order valence-corrected chi connectivity index (χ2v) is 2.31. The Bertz CT molecular complexity index is 237. The van der Waals surface area contributed by atoms with E-state index in [2.05, 4.69) is 4.74 Å². The zero-order valence-electron chi connectivity index (χ0n) is 6.67. The van der Waals surface area contributed by atoms with Crippen molar-refractivity contribution in [2.45, 2.75) is 12.2 Å². The highest BCUT2D eigenvalue weighted by atomic mass is 24.3. The van der Waals surface area contributed by atoms with Crippen molar-refractivity contribution in [2.75, 3.05) is 6.61 Å². The Morgan fingerprint density at radius 3 is 2.31 bits per heavy atom. The lowest BCUT2D eigenvalue weighted by Gasteiger charge is -2.13. The largest absolute Gasteiger partial charge is 0.505 e. The van der Waals surface area contributed by atoms with Gasteiger partial charge >= 0.3 is 5.97 Å². The van der Waals surface area contributed by atoms with Crippen molar-refractivity contribution in [1.29, 1.82) is 0 Å². The fourth-order valence-electron chi connectivity index (χ4n) is 0.823. The summed E-state index contributed by atoms with van der Waals surface area (Å²) in [5.74, 6) is -2.78. The highest BCUT2D eigenvalue weighted by molar-refractivity contribution is 5.89. The van der Waals surface area contributed by atoms with E-state index in [4.69, 9.17) is 20.4 Å². The molecule has 1 aliphatic rings. The first-order valence-electron chi connectivity index (χ1n) is 3.20. The molecule has 2 atom stereocenters. The molecule has 0 aromatic carbocycles. The van der Waals surface area contributed by atoms with Gasteiger partial charge in [0.05, 0.1) is 6.61 Å². The van der Waals surface area contributed by atoms with Crippen molar-refractivity contribution in [2.24, 2.45) is 0 Å². The van der Waals surface area contributed by atoms with Gasteiger partial charge in [0.15, 0.2) is 11.9 Å². The van der Waals surface area contributed by atoms with Gasteiger partial charge in [-0.05, 0) is 0 Å². The fraction of sp³-hybridized carbons (Fsp3) is 0.500. The standard InChI is InChI=1S/C6H8O6.Mg/c7-1-2(8)5-3(9)4(10)6(11)12-5;/h2,5,7-10H,1H2;/t2-,5+;/m0./s1. The first-order chi connectivity index (χ1) is 5.57. The summed E-state index contributed by atoms with van der Waals surface area (Å²) < 4.78 is 4.32. The van der Waals surface area contributed by atoms with Crippen LogP contribution in [0.3, 0.4) is 0 Å². The van der Waals surface area contributed by atoms with Crippen molar-refractivity contribution in [3.8, 4) is 0 Å². The zero-order valence-corrected chi connectivity index (χ0v) is 8.09. The summed E-state index contributed by atoms with van der Waals surface area (Å²) in [4.78, 5) is 10.5. The highest BCUT2D eigenvalue weighted by Crippen LogP contribution is 2.20. The van der Waals surface area contributed by atoms with Crippen molar-refractivity contribution < 1.29 is 30.0 Å². The minimum Gasteiger partial charge on any atom is -0.505 e. The van der Waals surface area contributed by atoms with Crippen LogP contribution in [0.25, 0.3) is 0 Å². The number of esters is 1. The molecular formula is C6H8MgO6. The van der Waals surface area contributed by atoms with E-state index in [0.717, 1.165) is 0 Å². The monoisotopic (exact) mass is 200 g/mol. The maximum atomic E-state index is 10.5. The summed E-state index contributed by atoms with van der Waals surface area (Å²) in [5, 5.41) is 35.0. The topological polar surface area (TPSA) is 107 Å². The first kappa shape index (κ1) is 12.5. The second kappa shape index (κ2) is 4.65. The number of ether oxygens (including phenoxy) is 1. The summed E-state index contributed by atoms with van der Waals surface area (Å²) in [7, 11) is 0. The predicted octanol–water partition coefficient (Wildman–Crippen LogP) is -1.79. The van der Waals surface area contributed by atoms with Crippen LogP contribution in [0.15, 0.2) is 11.5 Å². The van der Waals surface area contributed by atoms with E-state index < -0.39 is 36.3 Å². The normalized spacial score (nSPS) is 23.8. The van der Waals surface area contributed by atoms with Crippen molar-refractivity contribution >= 4 is 29.0 Å². The molecule has 1 aliphatic heterocycles. The van der Waals surface area contributed by atoms with E-state index in [9.17, 15) is 4.79 Å². The lowest BCUT2D eigenvalue weighted by Crippen LogP contribution is -2.31. The van der Waals surface area contributed by atoms with Crippen LogP contribution in [0, 0.1) is 0 Å². The first-order valence-corrected chi connectivity index (χ1v) is 3.20. The number of hydrogen-bond donors (Lipinski definition) is 4. The van der Waals surface area contributed by atoms with Gasteiger partial charge in [0, 0.05) is 23.1 Å². The van der Waals surface area contributed by atoms with Gasteiger partial charge in [-0.1, -0.05) is 0 Å². The third-order valence-corrected chi connectivity index (χ3v) is 1.48. The van der Waals surface area contributed by atoms with Crippen molar-refractivity contribution in [3.05, 3.63) is 11.5 Å². The molecule has 6 nitrogen and oxygen atoms in total. The Morgan fingerprint density at radius 1 is 1.46 bits per heavy atom. The molecule has 0 fully saturated rings. The SMILES string of the molecule is O=C1O[C@H]([C@@H](O)CO)C(O)=C1O.[Mg]. The molecule has 0 saturated heterocycles. The quantitative estimate of drug-likeness (QED) is 0.310. The molecule has 0 amide bonds. The number of aliphatic hydroxyl groups is 4. The van der Waals surface area contributed by atoms with E-state index in [1.165, 1.54) is 0 Å². The smallest absolute Gasteiger partial charge is 0.377 e. The van der Waals surface area contributed by atoms with Gasteiger partial charge in [-0.2, -0.15) is 0 Å². The second-order valence-electron chi connectivity index (χ2n) is 2.31. The summed E-state index contributed by atoms with van der Waals surface area (Å²) in [6.07, 6.45) is -2.78. The van der Waals surface area contributed by atoms with Gasteiger partial charge in [0.25, 0.3) is 0 Å². The lowest BCUT2D eigenvalue weighted by molar-refractivity contribution is -0.147. The molecule has 4 N–H and O–H groups in total. The van der Waals surface area contributed by atoms with Crippen molar-refractivity contribution in [1.82, 2.24) is 0 Å². The fourth-order valence-corrected chi connectivity index (χ4v) is 0.823. The van der Waals surface area contributed by atoms with E-state index in [-0.39, 0.29) is 23.1 Å². The summed E-state index contributed by atoms with van der Waals surface area (Å²) >= 11 is 0. The predicted molar refractivity (Wildman–Crippen MR) is 41.0 cm³/mol. The Balaban J connectivity index is 0.00000144. The van der Waals surface area contributed by atoms with Gasteiger partial charge in [-0.3, -0.25) is 0 Å². The molecule has 70 valence electrons.